The predicted octanol–water partition coefficient (Wildman–Crippen LogP) is 3.05. The molecule has 1 aliphatic carbocycles. The first-order valence-corrected chi connectivity index (χ1v) is 11.7. The van der Waals surface area contributed by atoms with Crippen molar-refractivity contribution in [2.45, 2.75) is 38.3 Å². The van der Waals surface area contributed by atoms with Crippen LogP contribution in [0.5, 0.6) is 11.5 Å². The number of nitrogens with one attached hydrogen (secondary N) is 1. The van der Waals surface area contributed by atoms with E-state index in [1.54, 1.807) is 25.1 Å². The number of carbonyl (C=O) groups is 1. The van der Waals surface area contributed by atoms with Gasteiger partial charge in [0.15, 0.2) is 11.5 Å². The Morgan fingerprint density at radius 2 is 1.83 bits per heavy atom. The van der Waals surface area contributed by atoms with Gasteiger partial charge in [-0.05, 0) is 49.4 Å². The highest BCUT2D eigenvalue weighted by molar-refractivity contribution is 7.92. The monoisotopic (exact) mass is 432 g/mol. The Bertz CT molecular complexity index is 1020. The summed E-state index contributed by atoms with van der Waals surface area (Å²) >= 11 is 0. The molecule has 0 heterocycles. The van der Waals surface area contributed by atoms with Crippen LogP contribution in [0, 0.1) is 0 Å². The number of methoxy groups -OCH3 is 2. The van der Waals surface area contributed by atoms with Crippen LogP contribution in [0.1, 0.15) is 36.9 Å². The highest BCUT2D eigenvalue weighted by Gasteiger charge is 2.32. The Balaban J connectivity index is 1.88. The van der Waals surface area contributed by atoms with Gasteiger partial charge >= 0.3 is 0 Å². The van der Waals surface area contributed by atoms with Crippen LogP contribution in [0.2, 0.25) is 0 Å². The molecule has 2 aromatic rings. The number of anilines is 1. The number of rotatable bonds is 7. The lowest BCUT2D eigenvalue weighted by Gasteiger charge is -2.32. The summed E-state index contributed by atoms with van der Waals surface area (Å²) < 4.78 is 36.8. The lowest BCUT2D eigenvalue weighted by molar-refractivity contribution is -0.122. The molecule has 0 spiro atoms. The minimum absolute atomic E-state index is 0.128. The van der Waals surface area contributed by atoms with Crippen LogP contribution >= 0.6 is 0 Å². The van der Waals surface area contributed by atoms with E-state index in [2.05, 4.69) is 11.4 Å². The molecular formula is C22H28N2O5S. The molecule has 8 heteroatoms. The fourth-order valence-electron chi connectivity index (χ4n) is 3.97. The minimum Gasteiger partial charge on any atom is -0.493 e. The molecule has 162 valence electrons. The number of nitrogens with zero attached hydrogens (tertiary/aromatic N) is 1. The van der Waals surface area contributed by atoms with Crippen LogP contribution in [0.4, 0.5) is 5.69 Å². The van der Waals surface area contributed by atoms with Crippen molar-refractivity contribution in [2.24, 2.45) is 0 Å². The fourth-order valence-corrected chi connectivity index (χ4v) is 5.13. The lowest BCUT2D eigenvalue weighted by atomic mass is 9.87. The predicted molar refractivity (Wildman–Crippen MR) is 117 cm³/mol. The van der Waals surface area contributed by atoms with E-state index in [4.69, 9.17) is 9.47 Å². The first kappa shape index (κ1) is 22.0. The number of sulfonamides is 1. The van der Waals surface area contributed by atoms with E-state index in [1.807, 2.05) is 18.2 Å². The van der Waals surface area contributed by atoms with E-state index in [0.717, 1.165) is 35.4 Å². The molecule has 0 bridgehead atoms. The van der Waals surface area contributed by atoms with Crippen molar-refractivity contribution in [1.29, 1.82) is 0 Å². The molecule has 0 saturated heterocycles. The Morgan fingerprint density at radius 3 is 2.50 bits per heavy atom. The molecule has 0 aromatic heterocycles. The highest BCUT2D eigenvalue weighted by atomic mass is 32.2. The molecule has 7 nitrogen and oxygen atoms in total. The maximum absolute atomic E-state index is 13.1. The number of benzene rings is 2. The standard InChI is InChI=1S/C22H28N2O5S/c1-15(22(25)23-19-11-7-9-16-8-5-6-10-18(16)19)24(30(4,26)27)17-12-13-20(28-2)21(14-17)29-3/h5-6,8,10,12-15,19H,7,9,11H2,1-4H3,(H,23,25)/t15-,19-/m0/s1. The van der Waals surface area contributed by atoms with Gasteiger partial charge in [-0.2, -0.15) is 0 Å². The first-order valence-electron chi connectivity index (χ1n) is 9.86. The average molecular weight is 433 g/mol. The second-order valence-electron chi connectivity index (χ2n) is 7.43. The summed E-state index contributed by atoms with van der Waals surface area (Å²) in [5, 5.41) is 3.05. The third kappa shape index (κ3) is 4.53. The fraction of sp³-hybridized carbons (Fsp3) is 0.409. The molecule has 30 heavy (non-hydrogen) atoms. The Hall–Kier alpha value is -2.74. The van der Waals surface area contributed by atoms with Crippen molar-refractivity contribution in [2.75, 3.05) is 24.8 Å². The highest BCUT2D eigenvalue weighted by Crippen LogP contribution is 2.34. The Labute approximate surface area is 178 Å². The molecular weight excluding hydrogens is 404 g/mol. The molecule has 2 aromatic carbocycles. The van der Waals surface area contributed by atoms with Gasteiger partial charge in [-0.15, -0.1) is 0 Å². The first-order chi connectivity index (χ1) is 14.3. The van der Waals surface area contributed by atoms with E-state index in [0.29, 0.717) is 17.2 Å². The molecule has 1 N–H and O–H groups in total. The molecule has 0 unspecified atom stereocenters. The second-order valence-corrected chi connectivity index (χ2v) is 9.29. The van der Waals surface area contributed by atoms with Crippen molar-refractivity contribution in [1.82, 2.24) is 5.32 Å². The third-order valence-corrected chi connectivity index (χ3v) is 6.64. The van der Waals surface area contributed by atoms with E-state index in [1.165, 1.54) is 19.8 Å². The van der Waals surface area contributed by atoms with Crippen molar-refractivity contribution in [3.05, 3.63) is 53.6 Å². The summed E-state index contributed by atoms with van der Waals surface area (Å²) in [6, 6.07) is 11.8. The summed E-state index contributed by atoms with van der Waals surface area (Å²) in [5.74, 6) is 0.514. The van der Waals surface area contributed by atoms with Gasteiger partial charge < -0.3 is 14.8 Å². The molecule has 1 amide bonds. The van der Waals surface area contributed by atoms with E-state index in [9.17, 15) is 13.2 Å². The third-order valence-electron chi connectivity index (χ3n) is 5.40. The van der Waals surface area contributed by atoms with Gasteiger partial charge in [0.05, 0.1) is 32.2 Å². The van der Waals surface area contributed by atoms with Gasteiger partial charge in [0.1, 0.15) is 6.04 Å². The van der Waals surface area contributed by atoms with Crippen molar-refractivity contribution < 1.29 is 22.7 Å². The maximum atomic E-state index is 13.1. The summed E-state index contributed by atoms with van der Waals surface area (Å²) in [5.41, 5.74) is 2.66. The zero-order valence-electron chi connectivity index (χ0n) is 17.7. The van der Waals surface area contributed by atoms with Crippen LogP contribution in [0.15, 0.2) is 42.5 Å². The molecule has 0 fully saturated rings. The zero-order chi connectivity index (χ0) is 21.9. The zero-order valence-corrected chi connectivity index (χ0v) is 18.5. The Morgan fingerprint density at radius 1 is 1.13 bits per heavy atom. The van der Waals surface area contributed by atoms with E-state index in [-0.39, 0.29) is 11.9 Å². The average Bonchev–Trinajstić information content (AvgIpc) is 2.72. The number of carbonyl (C=O) groups excluding carboxylic acids is 1. The lowest BCUT2D eigenvalue weighted by Crippen LogP contribution is -2.49. The summed E-state index contributed by atoms with van der Waals surface area (Å²) in [6.45, 7) is 1.59. The van der Waals surface area contributed by atoms with Gasteiger partial charge in [-0.25, -0.2) is 8.42 Å². The molecule has 0 saturated carbocycles. The van der Waals surface area contributed by atoms with Crippen molar-refractivity contribution >= 4 is 21.6 Å². The molecule has 2 atom stereocenters. The van der Waals surface area contributed by atoms with Gasteiger partial charge in [0, 0.05) is 6.07 Å². The SMILES string of the molecule is COc1ccc(N([C@@H](C)C(=O)N[C@H]2CCCc3ccccc32)S(C)(=O)=O)cc1OC. The summed E-state index contributed by atoms with van der Waals surface area (Å²) in [6.07, 6.45) is 3.87. The van der Waals surface area contributed by atoms with Crippen LogP contribution in [-0.2, 0) is 21.2 Å². The number of hydrogen-bond acceptors (Lipinski definition) is 5. The van der Waals surface area contributed by atoms with Crippen LogP contribution in [0.25, 0.3) is 0 Å². The number of aryl methyl sites for hydroxylation is 1. The largest absolute Gasteiger partial charge is 0.493 e. The number of amides is 1. The molecule has 0 radical (unpaired) electrons. The topological polar surface area (TPSA) is 84.9 Å². The van der Waals surface area contributed by atoms with Crippen LogP contribution in [-0.4, -0.2) is 40.8 Å². The van der Waals surface area contributed by atoms with E-state index >= 15 is 0 Å². The van der Waals surface area contributed by atoms with Crippen molar-refractivity contribution in [3.63, 3.8) is 0 Å². The molecule has 3 rings (SSSR count). The van der Waals surface area contributed by atoms with Crippen LogP contribution < -0.4 is 19.1 Å². The normalized spacial score (nSPS) is 16.9. The molecule has 0 aliphatic heterocycles. The minimum atomic E-state index is -3.73. The number of hydrogen-bond donors (Lipinski definition) is 1. The number of ether oxygens (including phenoxy) is 2. The second kappa shape index (κ2) is 8.95. The van der Waals surface area contributed by atoms with E-state index < -0.39 is 16.1 Å². The maximum Gasteiger partial charge on any atom is 0.244 e. The van der Waals surface area contributed by atoms with Crippen LogP contribution in [0.3, 0.4) is 0 Å². The number of fused-ring (bicyclic) bond motifs is 1. The van der Waals surface area contributed by atoms with Gasteiger partial charge in [-0.1, -0.05) is 24.3 Å². The Kier molecular flexibility index (Phi) is 6.55. The van der Waals surface area contributed by atoms with Gasteiger partial charge in [-0.3, -0.25) is 9.10 Å². The molecule has 1 aliphatic rings. The van der Waals surface area contributed by atoms with Crippen molar-refractivity contribution in [3.8, 4) is 11.5 Å². The summed E-state index contributed by atoms with van der Waals surface area (Å²) in [7, 11) is -0.753. The quantitative estimate of drug-likeness (QED) is 0.727. The van der Waals surface area contributed by atoms with Gasteiger partial charge in [0.25, 0.3) is 0 Å². The van der Waals surface area contributed by atoms with Gasteiger partial charge in [0.2, 0.25) is 15.9 Å². The smallest absolute Gasteiger partial charge is 0.244 e. The summed E-state index contributed by atoms with van der Waals surface area (Å²) in [4.78, 5) is 13.1.